The van der Waals surface area contributed by atoms with Crippen LogP contribution < -0.4 is 10.7 Å². The summed E-state index contributed by atoms with van der Waals surface area (Å²) in [7, 11) is 1.66. The van der Waals surface area contributed by atoms with Crippen molar-refractivity contribution in [1.82, 2.24) is 30.3 Å². The van der Waals surface area contributed by atoms with Crippen molar-refractivity contribution < 1.29 is 32.6 Å². The highest BCUT2D eigenvalue weighted by molar-refractivity contribution is 7.10. The Balaban J connectivity index is 1.21. The van der Waals surface area contributed by atoms with E-state index in [2.05, 4.69) is 46.5 Å². The molecule has 5 aliphatic rings. The Labute approximate surface area is 328 Å². The lowest BCUT2D eigenvalue weighted by Gasteiger charge is -2.36. The molecule has 7 atom stereocenters. The maximum atomic E-state index is 15.4. The van der Waals surface area contributed by atoms with Gasteiger partial charge in [0.2, 0.25) is 5.91 Å². The summed E-state index contributed by atoms with van der Waals surface area (Å²) in [6, 6.07) is 7.84. The predicted molar refractivity (Wildman–Crippen MR) is 206 cm³/mol. The summed E-state index contributed by atoms with van der Waals surface area (Å²) in [5.74, 6) is -7.27. The van der Waals surface area contributed by atoms with Crippen molar-refractivity contribution >= 4 is 40.0 Å². The maximum absolute atomic E-state index is 15.4. The molecule has 0 unspecified atom stereocenters. The number of rotatable bonds is 6. The lowest BCUT2D eigenvalue weighted by Crippen LogP contribution is -2.63. The number of aryl methyl sites for hydroxylation is 1. The summed E-state index contributed by atoms with van der Waals surface area (Å²) in [5.41, 5.74) is 7.86. The van der Waals surface area contributed by atoms with Gasteiger partial charge >= 0.3 is 5.97 Å². The van der Waals surface area contributed by atoms with Crippen molar-refractivity contribution in [3.05, 3.63) is 58.2 Å². The molecule has 56 heavy (non-hydrogen) atoms. The molecular weight excluding hydrogens is 739 g/mol. The summed E-state index contributed by atoms with van der Waals surface area (Å²) in [6.45, 7) is 10.4. The molecule has 3 aliphatic carbocycles. The van der Waals surface area contributed by atoms with Crippen LogP contribution >= 0.6 is 11.3 Å². The molecule has 11 nitrogen and oxygen atoms in total. The van der Waals surface area contributed by atoms with Crippen LogP contribution in [0.15, 0.2) is 41.9 Å². The summed E-state index contributed by atoms with van der Waals surface area (Å²) < 4.78 is 44.8. The number of hydrogen-bond acceptors (Lipinski definition) is 9. The number of hydrogen-bond donors (Lipinski definition) is 2. The fraction of sp³-hybridized carbons (Fsp3) is 0.548. The third kappa shape index (κ3) is 5.96. The SMILES string of the molecule is CCn1c(-c2cccnc2[C@H](C)OC)c2c3cc(ccc31)-c1csc(n1)C1(CC1)[C@H](NC(=O)[C@H]1C[C@@H]1C)C(=O)N1C[C@@H]3[C@H]([C@H](N1)C(=O)OCC(C)(C)C2)C3(F)F. The number of thiazole rings is 1. The van der Waals surface area contributed by atoms with Crippen LogP contribution in [0, 0.1) is 29.1 Å². The van der Waals surface area contributed by atoms with Gasteiger partial charge in [-0.3, -0.25) is 24.4 Å². The number of hydrazine groups is 1. The Morgan fingerprint density at radius 3 is 2.68 bits per heavy atom. The number of fused-ring (bicyclic) bond motifs is 9. The average molecular weight is 787 g/mol. The second-order valence-corrected chi connectivity index (χ2v) is 18.2. The molecule has 6 bridgehead atoms. The van der Waals surface area contributed by atoms with Crippen molar-refractivity contribution in [1.29, 1.82) is 0 Å². The van der Waals surface area contributed by atoms with Gasteiger partial charge in [-0.2, -0.15) is 0 Å². The predicted octanol–water partition coefficient (Wildman–Crippen LogP) is 6.45. The quantitative estimate of drug-likeness (QED) is 0.214. The lowest BCUT2D eigenvalue weighted by atomic mass is 9.84. The number of carbonyl (C=O) groups excluding carboxylic acids is 3. The molecule has 9 rings (SSSR count). The van der Waals surface area contributed by atoms with E-state index in [1.54, 1.807) is 13.3 Å². The van der Waals surface area contributed by atoms with E-state index >= 15 is 8.78 Å². The van der Waals surface area contributed by atoms with E-state index < -0.39 is 52.5 Å². The Morgan fingerprint density at radius 2 is 1.98 bits per heavy atom. The largest absolute Gasteiger partial charge is 0.464 e. The number of methoxy groups -OCH3 is 1. The minimum Gasteiger partial charge on any atom is -0.464 e. The molecule has 2 N–H and O–H groups in total. The van der Waals surface area contributed by atoms with E-state index in [1.165, 1.54) is 11.3 Å². The number of nitrogens with zero attached hydrogens (tertiary/aromatic N) is 4. The Kier molecular flexibility index (Phi) is 8.75. The highest BCUT2D eigenvalue weighted by Crippen LogP contribution is 2.60. The van der Waals surface area contributed by atoms with E-state index in [0.717, 1.165) is 56.1 Å². The van der Waals surface area contributed by atoms with Gasteiger partial charge in [0.25, 0.3) is 11.8 Å². The van der Waals surface area contributed by atoms with Gasteiger partial charge in [0, 0.05) is 65.1 Å². The molecule has 3 aromatic heterocycles. The Morgan fingerprint density at radius 1 is 1.21 bits per heavy atom. The first-order valence-electron chi connectivity index (χ1n) is 19.7. The molecule has 4 aromatic rings. The lowest BCUT2D eigenvalue weighted by molar-refractivity contribution is -0.156. The zero-order chi connectivity index (χ0) is 39.5. The third-order valence-electron chi connectivity index (χ3n) is 12.9. The Bertz CT molecular complexity index is 2270. The van der Waals surface area contributed by atoms with Gasteiger partial charge in [-0.25, -0.2) is 19.2 Å². The van der Waals surface area contributed by atoms with Crippen LogP contribution in [0.5, 0.6) is 0 Å². The first-order chi connectivity index (χ1) is 26.7. The fourth-order valence-electron chi connectivity index (χ4n) is 9.22. The molecule has 2 aliphatic heterocycles. The molecule has 4 fully saturated rings. The van der Waals surface area contributed by atoms with Crippen LogP contribution in [0.3, 0.4) is 0 Å². The smallest absolute Gasteiger partial charge is 0.325 e. The van der Waals surface area contributed by atoms with Gasteiger partial charge < -0.3 is 19.4 Å². The molecule has 14 heteroatoms. The van der Waals surface area contributed by atoms with Crippen LogP contribution in [-0.2, 0) is 42.2 Å². The van der Waals surface area contributed by atoms with Crippen molar-refractivity contribution in [2.45, 2.75) is 96.4 Å². The Hall–Kier alpha value is -4.27. The minimum absolute atomic E-state index is 0.0516. The average Bonchev–Trinajstić information content (AvgIpc) is 4.14. The monoisotopic (exact) mass is 786 g/mol. The van der Waals surface area contributed by atoms with E-state index in [4.69, 9.17) is 19.4 Å². The van der Waals surface area contributed by atoms with Crippen LogP contribution in [0.4, 0.5) is 8.78 Å². The van der Waals surface area contributed by atoms with Gasteiger partial charge in [0.1, 0.15) is 17.1 Å². The van der Waals surface area contributed by atoms with E-state index in [1.807, 2.05) is 39.1 Å². The van der Waals surface area contributed by atoms with Crippen LogP contribution in [-0.4, -0.2) is 75.6 Å². The molecular formula is C42H48F2N6O5S. The second kappa shape index (κ2) is 13.1. The number of amides is 2. The van der Waals surface area contributed by atoms with Gasteiger partial charge in [0.15, 0.2) is 0 Å². The first-order valence-corrected chi connectivity index (χ1v) is 20.6. The topological polar surface area (TPSA) is 128 Å². The highest BCUT2D eigenvalue weighted by Gasteiger charge is 2.75. The van der Waals surface area contributed by atoms with Crippen molar-refractivity contribution in [3.63, 3.8) is 0 Å². The third-order valence-corrected chi connectivity index (χ3v) is 14.0. The van der Waals surface area contributed by atoms with Gasteiger partial charge in [-0.15, -0.1) is 11.3 Å². The summed E-state index contributed by atoms with van der Waals surface area (Å²) in [5, 5.41) is 7.91. The van der Waals surface area contributed by atoms with E-state index in [9.17, 15) is 14.4 Å². The number of ether oxygens (including phenoxy) is 2. The van der Waals surface area contributed by atoms with Crippen molar-refractivity contribution in [3.8, 4) is 22.5 Å². The number of esters is 1. The molecule has 5 heterocycles. The molecule has 296 valence electrons. The van der Waals surface area contributed by atoms with Crippen LogP contribution in [0.1, 0.15) is 76.3 Å². The summed E-state index contributed by atoms with van der Waals surface area (Å²) in [6.07, 6.45) is 3.87. The summed E-state index contributed by atoms with van der Waals surface area (Å²) in [4.78, 5) is 51.9. The van der Waals surface area contributed by atoms with Gasteiger partial charge in [-0.05, 0) is 75.3 Å². The normalized spacial score (nSPS) is 29.0. The molecule has 1 spiro atoms. The number of halogens is 2. The number of carbonyl (C=O) groups is 3. The number of cyclic esters (lactones) is 1. The van der Waals surface area contributed by atoms with Gasteiger partial charge in [-0.1, -0.05) is 26.8 Å². The van der Waals surface area contributed by atoms with Crippen molar-refractivity contribution in [2.75, 3.05) is 20.3 Å². The van der Waals surface area contributed by atoms with Gasteiger partial charge in [0.05, 0.1) is 47.0 Å². The molecule has 1 saturated heterocycles. The molecule has 0 radical (unpaired) electrons. The molecule has 3 saturated carbocycles. The number of benzene rings is 1. The zero-order valence-electron chi connectivity index (χ0n) is 32.5. The maximum Gasteiger partial charge on any atom is 0.325 e. The van der Waals surface area contributed by atoms with Crippen LogP contribution in [0.2, 0.25) is 0 Å². The molecule has 1 aromatic carbocycles. The number of aromatic nitrogens is 3. The van der Waals surface area contributed by atoms with Crippen LogP contribution in [0.25, 0.3) is 33.4 Å². The highest BCUT2D eigenvalue weighted by atomic mass is 32.1. The number of alkyl halides is 2. The minimum atomic E-state index is -3.15. The van der Waals surface area contributed by atoms with Crippen molar-refractivity contribution in [2.24, 2.45) is 29.1 Å². The van der Waals surface area contributed by atoms with E-state index in [0.29, 0.717) is 30.8 Å². The molecule has 2 amide bonds. The fourth-order valence-corrected chi connectivity index (χ4v) is 10.3. The number of nitrogens with one attached hydrogen (secondary N) is 2. The van der Waals surface area contributed by atoms with E-state index in [-0.39, 0.29) is 37.0 Å². The second-order valence-electron chi connectivity index (χ2n) is 17.4. The summed E-state index contributed by atoms with van der Waals surface area (Å²) >= 11 is 1.44. The number of pyridine rings is 1. The first kappa shape index (κ1) is 37.3. The zero-order valence-corrected chi connectivity index (χ0v) is 33.3. The standard InChI is InChI=1S/C42H48F2N6O5S/c1-7-49-30-11-10-23-16-26(30)27(34(49)24-9-8-14-45-32(24)22(3)54-6)17-40(4,5)20-55-38(53)33-31-28(42(31,43)44)18-50(48-33)37(52)35(47-36(51)25-15-21(25)2)41(12-13-41)39-46-29(23)19-56-39/h8-11,14,16,19,21-22,25,28,31,33,35,48H,7,12-13,15,17-18,20H2,1-6H3,(H,47,51)/t21-,22-,25-,28+,31+,33-,35+/m0/s1.